The first-order valence-corrected chi connectivity index (χ1v) is 2.65. The molecule has 0 fully saturated rings. The first kappa shape index (κ1) is 7.34. The van der Waals surface area contributed by atoms with Gasteiger partial charge in [0.25, 0.3) is 0 Å². The predicted molar refractivity (Wildman–Crippen MR) is 21.2 cm³/mol. The average molecular weight is 135 g/mol. The molecular weight excluding hydrogens is 128 g/mol. The third kappa shape index (κ3) is 2.97. The van der Waals surface area contributed by atoms with Gasteiger partial charge in [0.1, 0.15) is 0 Å². The molecule has 39 valence electrons. The Labute approximate surface area is 55.1 Å². The van der Waals surface area contributed by atoms with Crippen molar-refractivity contribution >= 4 is 5.78 Å². The van der Waals surface area contributed by atoms with Crippen LogP contribution in [0.3, 0.4) is 0 Å². The second-order valence-corrected chi connectivity index (χ2v) is 1.74. The molecule has 0 amide bonds. The summed E-state index contributed by atoms with van der Waals surface area (Å²) in [5.41, 5.74) is 0. The van der Waals surface area contributed by atoms with Gasteiger partial charge in [0, 0.05) is 0 Å². The van der Waals surface area contributed by atoms with E-state index in [9.17, 15) is 4.79 Å². The molecule has 1 unspecified atom stereocenters. The van der Waals surface area contributed by atoms with Crippen LogP contribution in [0, 0.1) is 0 Å². The van der Waals surface area contributed by atoms with Gasteiger partial charge in [-0.3, -0.25) is 0 Å². The molecule has 0 aromatic rings. The van der Waals surface area contributed by atoms with Crippen LogP contribution in [0.5, 0.6) is 0 Å². The number of hydrogen-bond acceptors (Lipinski definition) is 2. The van der Waals surface area contributed by atoms with Crippen LogP contribution in [0.2, 0.25) is 0 Å². The van der Waals surface area contributed by atoms with E-state index >= 15 is 0 Å². The quantitative estimate of drug-likeness (QED) is 0.513. The molecule has 0 N–H and O–H groups in total. The van der Waals surface area contributed by atoms with E-state index in [-0.39, 0.29) is 11.9 Å². The van der Waals surface area contributed by atoms with Crippen LogP contribution in [-0.4, -0.2) is 11.9 Å². The summed E-state index contributed by atoms with van der Waals surface area (Å²) >= 11 is 1.52. The zero-order valence-electron chi connectivity index (χ0n) is 4.39. The van der Waals surface area contributed by atoms with Crippen LogP contribution >= 0.6 is 0 Å². The molecule has 0 bridgehead atoms. The SMILES string of the molecule is CC(=O)C(C)[O][Ti]. The Morgan fingerprint density at radius 1 is 1.86 bits per heavy atom. The third-order valence-corrected chi connectivity index (χ3v) is 1.30. The second kappa shape index (κ2) is 3.36. The van der Waals surface area contributed by atoms with E-state index in [0.29, 0.717) is 0 Å². The first-order chi connectivity index (χ1) is 3.18. The summed E-state index contributed by atoms with van der Waals surface area (Å²) in [5.74, 6) is 0.0718. The minimum absolute atomic E-state index is 0.0718. The van der Waals surface area contributed by atoms with Crippen molar-refractivity contribution in [1.82, 2.24) is 0 Å². The van der Waals surface area contributed by atoms with Crippen molar-refractivity contribution in [3.8, 4) is 0 Å². The van der Waals surface area contributed by atoms with E-state index in [2.05, 4.69) is 3.32 Å². The molecule has 0 rings (SSSR count). The van der Waals surface area contributed by atoms with Crippen molar-refractivity contribution in [1.29, 1.82) is 0 Å². The molecule has 2 nitrogen and oxygen atoms in total. The number of carbonyl (C=O) groups is 1. The van der Waals surface area contributed by atoms with Gasteiger partial charge < -0.3 is 0 Å². The molecule has 0 aromatic carbocycles. The van der Waals surface area contributed by atoms with Gasteiger partial charge in [0.05, 0.1) is 0 Å². The maximum atomic E-state index is 10.2. The van der Waals surface area contributed by atoms with Gasteiger partial charge in [-0.25, -0.2) is 0 Å². The first-order valence-electron chi connectivity index (χ1n) is 2.01. The van der Waals surface area contributed by atoms with Gasteiger partial charge in [0.2, 0.25) is 0 Å². The normalized spacial score (nSPS) is 13.3. The van der Waals surface area contributed by atoms with Crippen molar-refractivity contribution in [2.75, 3.05) is 0 Å². The zero-order valence-corrected chi connectivity index (χ0v) is 5.96. The monoisotopic (exact) mass is 135 g/mol. The van der Waals surface area contributed by atoms with Crippen LogP contribution in [0.4, 0.5) is 0 Å². The summed E-state index contributed by atoms with van der Waals surface area (Å²) in [4.78, 5) is 10.2. The van der Waals surface area contributed by atoms with Crippen LogP contribution in [0.15, 0.2) is 0 Å². The molecule has 0 spiro atoms. The molecule has 0 aliphatic rings. The number of Topliss-reactive ketones (excluding diaryl/α,β-unsaturated/α-hetero) is 1. The van der Waals surface area contributed by atoms with Crippen molar-refractivity contribution < 1.29 is 28.9 Å². The Morgan fingerprint density at radius 3 is 2.29 bits per heavy atom. The fraction of sp³-hybridized carbons (Fsp3) is 0.750. The van der Waals surface area contributed by atoms with Gasteiger partial charge in [-0.05, 0) is 0 Å². The molecule has 0 aromatic heterocycles. The molecule has 7 heavy (non-hydrogen) atoms. The van der Waals surface area contributed by atoms with E-state index in [1.54, 1.807) is 6.92 Å². The zero-order chi connectivity index (χ0) is 5.86. The molecular formula is C4H7O2Ti. The number of hydrogen-bond donors (Lipinski definition) is 0. The Balaban J connectivity index is 3.34. The van der Waals surface area contributed by atoms with Gasteiger partial charge in [-0.2, -0.15) is 0 Å². The topological polar surface area (TPSA) is 26.3 Å². The van der Waals surface area contributed by atoms with Crippen molar-refractivity contribution in [3.05, 3.63) is 0 Å². The molecule has 3 heteroatoms. The van der Waals surface area contributed by atoms with Gasteiger partial charge in [-0.15, -0.1) is 0 Å². The van der Waals surface area contributed by atoms with Crippen LogP contribution in [-0.2, 0) is 28.9 Å². The van der Waals surface area contributed by atoms with E-state index in [4.69, 9.17) is 0 Å². The average Bonchev–Trinajstić information content (AvgIpc) is 1.65. The standard InChI is InChI=1S/C4H7O2.Ti/c1-3(5)4(2)6;/h3H,1-2H3;/q-1;+1. The summed E-state index contributed by atoms with van der Waals surface area (Å²) in [6.45, 7) is 3.23. The Hall–Kier alpha value is 0.344. The fourth-order valence-corrected chi connectivity index (χ4v) is 0.342. The molecule has 0 heterocycles. The van der Waals surface area contributed by atoms with Crippen molar-refractivity contribution in [2.45, 2.75) is 20.0 Å². The molecule has 1 atom stereocenters. The van der Waals surface area contributed by atoms with E-state index in [1.807, 2.05) is 0 Å². The fourth-order valence-electron chi connectivity index (χ4n) is 0.0830. The Morgan fingerprint density at radius 2 is 2.29 bits per heavy atom. The van der Waals surface area contributed by atoms with Crippen molar-refractivity contribution in [3.63, 3.8) is 0 Å². The summed E-state index contributed by atoms with van der Waals surface area (Å²) in [6, 6.07) is 0. The summed E-state index contributed by atoms with van der Waals surface area (Å²) < 4.78 is 4.66. The Bertz CT molecular complexity index is 72.1. The second-order valence-electron chi connectivity index (χ2n) is 1.37. The molecule has 0 aliphatic carbocycles. The third-order valence-electron chi connectivity index (χ3n) is 0.749. The predicted octanol–water partition coefficient (Wildman–Crippen LogP) is 0.442. The molecule has 0 saturated heterocycles. The van der Waals surface area contributed by atoms with Crippen LogP contribution in [0.1, 0.15) is 13.8 Å². The molecule has 0 radical (unpaired) electrons. The van der Waals surface area contributed by atoms with Crippen molar-refractivity contribution in [2.24, 2.45) is 0 Å². The van der Waals surface area contributed by atoms with Gasteiger partial charge in [-0.1, -0.05) is 0 Å². The van der Waals surface area contributed by atoms with E-state index in [0.717, 1.165) is 0 Å². The molecule has 0 aliphatic heterocycles. The summed E-state index contributed by atoms with van der Waals surface area (Å²) in [5, 5.41) is 0. The van der Waals surface area contributed by atoms with E-state index < -0.39 is 0 Å². The molecule has 0 saturated carbocycles. The van der Waals surface area contributed by atoms with E-state index in [1.165, 1.54) is 27.7 Å². The number of carbonyl (C=O) groups excluding carboxylic acids is 1. The van der Waals surface area contributed by atoms with Gasteiger partial charge >= 0.3 is 54.7 Å². The van der Waals surface area contributed by atoms with Crippen LogP contribution in [0.25, 0.3) is 0 Å². The van der Waals surface area contributed by atoms with Gasteiger partial charge in [0.15, 0.2) is 0 Å². The summed E-state index contributed by atoms with van der Waals surface area (Å²) in [6.07, 6.45) is -0.236. The minimum atomic E-state index is -0.236. The number of ketones is 1. The maximum absolute atomic E-state index is 10.2. The Kier molecular flexibility index (Phi) is 3.52. The van der Waals surface area contributed by atoms with Crippen LogP contribution < -0.4 is 0 Å². The summed E-state index contributed by atoms with van der Waals surface area (Å²) in [7, 11) is 0. The number of rotatable bonds is 2.